The van der Waals surface area contributed by atoms with Crippen LogP contribution in [-0.2, 0) is 0 Å². The minimum Gasteiger partial charge on any atom is -0.273 e. The van der Waals surface area contributed by atoms with Gasteiger partial charge in [-0.1, -0.05) is 13.8 Å². The van der Waals surface area contributed by atoms with Crippen molar-refractivity contribution in [2.24, 2.45) is 5.10 Å². The number of nitrogens with zero attached hydrogens (tertiary/aromatic N) is 3. The van der Waals surface area contributed by atoms with Gasteiger partial charge in [0.05, 0.1) is 0 Å². The van der Waals surface area contributed by atoms with Crippen molar-refractivity contribution in [3.63, 3.8) is 0 Å². The van der Waals surface area contributed by atoms with Crippen molar-refractivity contribution < 1.29 is 13.2 Å². The first-order valence-corrected chi connectivity index (χ1v) is 4.66. The van der Waals surface area contributed by atoms with Crippen molar-refractivity contribution in [3.8, 4) is 0 Å². The summed E-state index contributed by atoms with van der Waals surface area (Å²) in [6.07, 6.45) is -2.94. The van der Waals surface area contributed by atoms with Crippen molar-refractivity contribution in [2.75, 3.05) is 6.54 Å². The zero-order chi connectivity index (χ0) is 10.8. The topological polar surface area (TPSA) is 18.8 Å². The Kier molecular flexibility index (Phi) is 3.23. The van der Waals surface area contributed by atoms with E-state index in [4.69, 9.17) is 0 Å². The molecule has 3 nitrogen and oxygen atoms in total. The van der Waals surface area contributed by atoms with E-state index in [1.165, 1.54) is 5.01 Å². The maximum Gasteiger partial charge on any atom is 0.487 e. The van der Waals surface area contributed by atoms with Crippen LogP contribution in [-0.4, -0.2) is 35.3 Å². The van der Waals surface area contributed by atoms with Crippen molar-refractivity contribution in [1.82, 2.24) is 9.91 Å². The number of alkyl halides is 3. The second-order valence-corrected chi connectivity index (χ2v) is 3.16. The first-order chi connectivity index (χ1) is 6.50. The molecule has 6 heteroatoms. The second-order valence-electron chi connectivity index (χ2n) is 3.16. The van der Waals surface area contributed by atoms with Crippen molar-refractivity contribution in [3.05, 3.63) is 0 Å². The van der Waals surface area contributed by atoms with Crippen LogP contribution in [0.3, 0.4) is 0 Å². The molecule has 14 heavy (non-hydrogen) atoms. The average molecular weight is 209 g/mol. The van der Waals surface area contributed by atoms with E-state index in [0.29, 0.717) is 17.9 Å². The molecule has 0 saturated heterocycles. The lowest BCUT2D eigenvalue weighted by molar-refractivity contribution is -0.235. The third-order valence-corrected chi connectivity index (χ3v) is 2.10. The van der Waals surface area contributed by atoms with Crippen LogP contribution < -0.4 is 0 Å². The molecule has 0 aromatic carbocycles. The fourth-order valence-electron chi connectivity index (χ4n) is 1.50. The molecule has 0 bridgehead atoms. The van der Waals surface area contributed by atoms with E-state index in [2.05, 4.69) is 5.10 Å². The van der Waals surface area contributed by atoms with Gasteiger partial charge in [-0.3, -0.25) is 9.91 Å². The molecule has 0 spiro atoms. The average Bonchev–Trinajstić information content (AvgIpc) is 2.47. The molecule has 0 aliphatic carbocycles. The summed E-state index contributed by atoms with van der Waals surface area (Å²) < 4.78 is 37.3. The summed E-state index contributed by atoms with van der Waals surface area (Å²) in [4.78, 5) is 0.350. The summed E-state index contributed by atoms with van der Waals surface area (Å²) >= 11 is 0. The maximum atomic E-state index is 12.4. The Bertz CT molecular complexity index is 214. The highest BCUT2D eigenvalue weighted by atomic mass is 19.4. The summed E-state index contributed by atoms with van der Waals surface area (Å²) in [5.41, 5.74) is 0. The highest BCUT2D eigenvalue weighted by Crippen LogP contribution is 2.28. The molecule has 0 aromatic heterocycles. The predicted octanol–water partition coefficient (Wildman–Crippen LogP) is 2.21. The minimum absolute atomic E-state index is 0.350. The fourth-order valence-corrected chi connectivity index (χ4v) is 1.50. The van der Waals surface area contributed by atoms with E-state index < -0.39 is 12.5 Å². The van der Waals surface area contributed by atoms with E-state index in [1.807, 2.05) is 6.92 Å². The SMILES string of the molecule is CCCN1N=CN(C(F)(F)F)C1CC. The highest BCUT2D eigenvalue weighted by molar-refractivity contribution is 5.57. The van der Waals surface area contributed by atoms with Gasteiger partial charge in [-0.05, 0) is 12.8 Å². The van der Waals surface area contributed by atoms with E-state index in [-0.39, 0.29) is 0 Å². The van der Waals surface area contributed by atoms with Gasteiger partial charge in [0.1, 0.15) is 12.5 Å². The minimum atomic E-state index is -4.33. The van der Waals surface area contributed by atoms with Crippen LogP contribution in [0.1, 0.15) is 26.7 Å². The summed E-state index contributed by atoms with van der Waals surface area (Å²) in [7, 11) is 0. The van der Waals surface area contributed by atoms with Crippen LogP contribution >= 0.6 is 0 Å². The molecular formula is C8H14F3N3. The smallest absolute Gasteiger partial charge is 0.273 e. The lowest BCUT2D eigenvalue weighted by Gasteiger charge is -2.30. The van der Waals surface area contributed by atoms with Crippen LogP contribution in [0.25, 0.3) is 0 Å². The van der Waals surface area contributed by atoms with Crippen LogP contribution in [0.15, 0.2) is 5.10 Å². The number of rotatable bonds is 3. The molecule has 1 aliphatic heterocycles. The Morgan fingerprint density at radius 1 is 1.36 bits per heavy atom. The van der Waals surface area contributed by atoms with Crippen LogP contribution in [0.5, 0.6) is 0 Å². The first kappa shape index (κ1) is 11.1. The van der Waals surface area contributed by atoms with Gasteiger partial charge < -0.3 is 0 Å². The Labute approximate surface area is 81.2 Å². The van der Waals surface area contributed by atoms with Crippen LogP contribution in [0, 0.1) is 0 Å². The molecule has 0 aromatic rings. The van der Waals surface area contributed by atoms with Crippen LogP contribution in [0.2, 0.25) is 0 Å². The summed E-state index contributed by atoms with van der Waals surface area (Å²) in [6.45, 7) is 4.20. The van der Waals surface area contributed by atoms with Gasteiger partial charge in [0, 0.05) is 6.54 Å². The summed E-state index contributed by atoms with van der Waals surface area (Å²) in [5, 5.41) is 5.22. The Morgan fingerprint density at radius 3 is 2.43 bits per heavy atom. The molecule has 1 atom stereocenters. The van der Waals surface area contributed by atoms with E-state index in [0.717, 1.165) is 12.8 Å². The molecule has 1 heterocycles. The van der Waals surface area contributed by atoms with E-state index in [1.54, 1.807) is 6.92 Å². The highest BCUT2D eigenvalue weighted by Gasteiger charge is 2.44. The molecule has 0 saturated carbocycles. The number of hydrogen-bond acceptors (Lipinski definition) is 3. The standard InChI is InChI=1S/C8H14F3N3/c1-3-5-14-7(4-2)13(6-12-14)8(9,10)11/h6-7H,3-5H2,1-2H3. The third-order valence-electron chi connectivity index (χ3n) is 2.10. The Balaban J connectivity index is 2.69. The third kappa shape index (κ3) is 2.10. The molecule has 1 unspecified atom stereocenters. The van der Waals surface area contributed by atoms with Crippen molar-refractivity contribution in [1.29, 1.82) is 0 Å². The van der Waals surface area contributed by atoms with Gasteiger partial charge in [0.2, 0.25) is 0 Å². The lowest BCUT2D eigenvalue weighted by Crippen LogP contribution is -2.46. The maximum absolute atomic E-state index is 12.4. The van der Waals surface area contributed by atoms with Gasteiger partial charge in [-0.25, -0.2) is 0 Å². The predicted molar refractivity (Wildman–Crippen MR) is 47.5 cm³/mol. The molecule has 1 aliphatic rings. The van der Waals surface area contributed by atoms with Gasteiger partial charge in [0.25, 0.3) is 0 Å². The summed E-state index contributed by atoms with van der Waals surface area (Å²) in [5.74, 6) is 0. The van der Waals surface area contributed by atoms with Gasteiger partial charge >= 0.3 is 6.30 Å². The second kappa shape index (κ2) is 4.06. The largest absolute Gasteiger partial charge is 0.487 e. The van der Waals surface area contributed by atoms with Crippen molar-refractivity contribution in [2.45, 2.75) is 39.2 Å². The van der Waals surface area contributed by atoms with Gasteiger partial charge in [0.15, 0.2) is 0 Å². The zero-order valence-corrected chi connectivity index (χ0v) is 8.25. The van der Waals surface area contributed by atoms with Crippen LogP contribution in [0.4, 0.5) is 13.2 Å². The first-order valence-electron chi connectivity index (χ1n) is 4.66. The monoisotopic (exact) mass is 209 g/mol. The molecule has 0 fully saturated rings. The molecule has 1 rings (SSSR count). The summed E-state index contributed by atoms with van der Waals surface area (Å²) in [6, 6.07) is 0. The Morgan fingerprint density at radius 2 is 2.00 bits per heavy atom. The Hall–Kier alpha value is -0.940. The number of hydrogen-bond donors (Lipinski definition) is 0. The molecule has 0 amide bonds. The zero-order valence-electron chi connectivity index (χ0n) is 8.25. The quantitative estimate of drug-likeness (QED) is 0.663. The molecular weight excluding hydrogens is 195 g/mol. The lowest BCUT2D eigenvalue weighted by atomic mass is 10.3. The van der Waals surface area contributed by atoms with Crippen molar-refractivity contribution >= 4 is 6.34 Å². The number of hydrazone groups is 1. The molecule has 82 valence electrons. The molecule has 0 radical (unpaired) electrons. The fraction of sp³-hybridized carbons (Fsp3) is 0.875. The van der Waals surface area contributed by atoms with E-state index >= 15 is 0 Å². The van der Waals surface area contributed by atoms with E-state index in [9.17, 15) is 13.2 Å². The normalized spacial score (nSPS) is 22.2. The number of halogens is 3. The molecule has 0 N–H and O–H groups in total. The van der Waals surface area contributed by atoms with Gasteiger partial charge in [-0.2, -0.15) is 5.10 Å². The van der Waals surface area contributed by atoms with Gasteiger partial charge in [-0.15, -0.1) is 13.2 Å².